The Morgan fingerprint density at radius 2 is 1.87 bits per heavy atom. The minimum absolute atomic E-state index is 0.0251. The summed E-state index contributed by atoms with van der Waals surface area (Å²) < 4.78 is 5.08. The SMILES string of the molecule is C[C@@H](OC(=O)CCC(=O)c1ccc2c(c1)CCC2)C(=O)Nc1cc([N+](=O)[O-])ccc1Cl. The highest BCUT2D eigenvalue weighted by atomic mass is 35.5. The molecule has 0 bridgehead atoms. The van der Waals surface area contributed by atoms with Gasteiger partial charge in [-0.3, -0.25) is 24.5 Å². The molecule has 0 saturated heterocycles. The van der Waals surface area contributed by atoms with Gasteiger partial charge in [-0.1, -0.05) is 23.7 Å². The van der Waals surface area contributed by atoms with Crippen molar-refractivity contribution in [2.45, 2.75) is 45.1 Å². The molecule has 2 aromatic carbocycles. The summed E-state index contributed by atoms with van der Waals surface area (Å²) in [6.45, 7) is 1.36. The van der Waals surface area contributed by atoms with Gasteiger partial charge in [0.2, 0.25) is 0 Å². The lowest BCUT2D eigenvalue weighted by molar-refractivity contribution is -0.384. The smallest absolute Gasteiger partial charge is 0.307 e. The quantitative estimate of drug-likeness (QED) is 0.281. The highest BCUT2D eigenvalue weighted by molar-refractivity contribution is 6.33. The minimum atomic E-state index is -1.17. The van der Waals surface area contributed by atoms with E-state index in [4.69, 9.17) is 16.3 Å². The van der Waals surface area contributed by atoms with Crippen LogP contribution in [0.3, 0.4) is 0 Å². The predicted octanol–water partition coefficient (Wildman–Crippen LogP) is 4.27. The number of nitro groups is 1. The van der Waals surface area contributed by atoms with E-state index < -0.39 is 22.9 Å². The first-order chi connectivity index (χ1) is 14.7. The van der Waals surface area contributed by atoms with Gasteiger partial charge in [0.1, 0.15) is 0 Å². The maximum absolute atomic E-state index is 12.4. The maximum atomic E-state index is 12.4. The summed E-state index contributed by atoms with van der Waals surface area (Å²) in [5, 5.41) is 13.4. The molecule has 1 amide bonds. The summed E-state index contributed by atoms with van der Waals surface area (Å²) in [6, 6.07) is 9.23. The number of benzene rings is 2. The lowest BCUT2D eigenvalue weighted by Crippen LogP contribution is -2.30. The number of rotatable bonds is 8. The summed E-state index contributed by atoms with van der Waals surface area (Å²) in [4.78, 5) is 47.0. The number of halogens is 1. The molecular formula is C22H21ClN2O6. The van der Waals surface area contributed by atoms with E-state index in [-0.39, 0.29) is 35.0 Å². The van der Waals surface area contributed by atoms with Crippen LogP contribution in [0.2, 0.25) is 5.02 Å². The molecule has 162 valence electrons. The number of ketones is 1. The Morgan fingerprint density at radius 3 is 2.61 bits per heavy atom. The average Bonchev–Trinajstić information content (AvgIpc) is 3.21. The number of carbonyl (C=O) groups is 3. The van der Waals surface area contributed by atoms with Gasteiger partial charge in [-0.15, -0.1) is 0 Å². The van der Waals surface area contributed by atoms with Crippen LogP contribution in [0, 0.1) is 10.1 Å². The van der Waals surface area contributed by atoms with E-state index in [1.165, 1.54) is 30.2 Å². The second-order valence-electron chi connectivity index (χ2n) is 7.30. The first kappa shape index (κ1) is 22.4. The van der Waals surface area contributed by atoms with Crippen molar-refractivity contribution in [2.24, 2.45) is 0 Å². The average molecular weight is 445 g/mol. The normalized spacial score (nSPS) is 13.2. The van der Waals surface area contributed by atoms with Gasteiger partial charge in [-0.2, -0.15) is 0 Å². The Labute approximate surface area is 183 Å². The minimum Gasteiger partial charge on any atom is -0.453 e. The third-order valence-corrected chi connectivity index (χ3v) is 5.40. The molecule has 2 aromatic rings. The Bertz CT molecular complexity index is 1050. The van der Waals surface area contributed by atoms with Gasteiger partial charge in [0.15, 0.2) is 11.9 Å². The lowest BCUT2D eigenvalue weighted by Gasteiger charge is -2.14. The van der Waals surface area contributed by atoms with Crippen LogP contribution >= 0.6 is 11.6 Å². The zero-order valence-corrected chi connectivity index (χ0v) is 17.6. The number of non-ortho nitro benzene ring substituents is 1. The third-order valence-electron chi connectivity index (χ3n) is 5.07. The van der Waals surface area contributed by atoms with E-state index in [0.717, 1.165) is 25.3 Å². The van der Waals surface area contributed by atoms with Gasteiger partial charge in [0.25, 0.3) is 11.6 Å². The van der Waals surface area contributed by atoms with E-state index in [1.54, 1.807) is 6.07 Å². The molecule has 0 radical (unpaired) electrons. The predicted molar refractivity (Wildman–Crippen MR) is 114 cm³/mol. The number of anilines is 1. The van der Waals surface area contributed by atoms with E-state index in [2.05, 4.69) is 5.32 Å². The first-order valence-corrected chi connectivity index (χ1v) is 10.2. The Morgan fingerprint density at radius 1 is 1.13 bits per heavy atom. The number of fused-ring (bicyclic) bond motifs is 1. The van der Waals surface area contributed by atoms with Gasteiger partial charge >= 0.3 is 5.97 Å². The number of nitrogens with zero attached hydrogens (tertiary/aromatic N) is 1. The number of aryl methyl sites for hydroxylation is 2. The molecule has 0 aliphatic heterocycles. The fraction of sp³-hybridized carbons (Fsp3) is 0.318. The van der Waals surface area contributed by atoms with Gasteiger partial charge in [0, 0.05) is 24.1 Å². The number of nitrogens with one attached hydrogen (secondary N) is 1. The number of ether oxygens (including phenoxy) is 1. The molecule has 0 unspecified atom stereocenters. The number of esters is 1. The topological polar surface area (TPSA) is 116 Å². The fourth-order valence-electron chi connectivity index (χ4n) is 3.37. The fourth-order valence-corrected chi connectivity index (χ4v) is 3.54. The number of Topliss-reactive ketones (excluding diaryl/α,β-unsaturated/α-hetero) is 1. The molecule has 1 N–H and O–H groups in total. The van der Waals surface area contributed by atoms with Crippen molar-refractivity contribution >= 4 is 40.6 Å². The molecule has 9 heteroatoms. The van der Waals surface area contributed by atoms with Crippen LogP contribution in [0.25, 0.3) is 0 Å². The number of carbonyl (C=O) groups excluding carboxylic acids is 3. The van der Waals surface area contributed by atoms with Crippen LogP contribution in [0.4, 0.5) is 11.4 Å². The van der Waals surface area contributed by atoms with Crippen LogP contribution in [0.15, 0.2) is 36.4 Å². The number of amides is 1. The third kappa shape index (κ3) is 5.67. The zero-order chi connectivity index (χ0) is 22.5. The Balaban J connectivity index is 1.51. The van der Waals surface area contributed by atoms with Gasteiger partial charge < -0.3 is 10.1 Å². The number of hydrogen-bond donors (Lipinski definition) is 1. The molecule has 8 nitrogen and oxygen atoms in total. The summed E-state index contributed by atoms with van der Waals surface area (Å²) in [5.41, 5.74) is 2.81. The van der Waals surface area contributed by atoms with Gasteiger partial charge in [0.05, 0.1) is 22.1 Å². The van der Waals surface area contributed by atoms with E-state index in [1.807, 2.05) is 12.1 Å². The number of hydrogen-bond acceptors (Lipinski definition) is 6. The molecule has 31 heavy (non-hydrogen) atoms. The van der Waals surface area contributed by atoms with E-state index in [9.17, 15) is 24.5 Å². The Kier molecular flexibility index (Phi) is 7.02. The molecule has 1 aliphatic carbocycles. The highest BCUT2D eigenvalue weighted by Gasteiger charge is 2.21. The lowest BCUT2D eigenvalue weighted by atomic mass is 10.0. The zero-order valence-electron chi connectivity index (χ0n) is 16.9. The Hall–Kier alpha value is -3.26. The maximum Gasteiger partial charge on any atom is 0.307 e. The summed E-state index contributed by atoms with van der Waals surface area (Å²) in [5.74, 6) is -1.55. The van der Waals surface area contributed by atoms with Gasteiger partial charge in [-0.05, 0) is 49.4 Å². The van der Waals surface area contributed by atoms with Crippen molar-refractivity contribution in [3.05, 3.63) is 68.2 Å². The second-order valence-corrected chi connectivity index (χ2v) is 7.71. The highest BCUT2D eigenvalue weighted by Crippen LogP contribution is 2.27. The van der Waals surface area contributed by atoms with Gasteiger partial charge in [-0.25, -0.2) is 0 Å². The van der Waals surface area contributed by atoms with Crippen molar-refractivity contribution < 1.29 is 24.0 Å². The molecular weight excluding hydrogens is 424 g/mol. The summed E-state index contributed by atoms with van der Waals surface area (Å²) >= 11 is 5.95. The van der Waals surface area contributed by atoms with Crippen LogP contribution in [0.5, 0.6) is 0 Å². The second kappa shape index (κ2) is 9.70. The van der Waals surface area contributed by atoms with Crippen molar-refractivity contribution in [3.8, 4) is 0 Å². The molecule has 3 rings (SSSR count). The van der Waals surface area contributed by atoms with Crippen molar-refractivity contribution in [1.82, 2.24) is 0 Å². The standard InChI is InChI=1S/C22H21ClN2O6/c1-13(22(28)24-19-12-17(25(29)30)7-8-18(19)23)31-21(27)10-9-20(26)16-6-5-14-3-2-4-15(14)11-16/h5-8,11-13H,2-4,9-10H2,1H3,(H,24,28)/t13-/m1/s1. The largest absolute Gasteiger partial charge is 0.453 e. The van der Waals surface area contributed by atoms with Crippen LogP contribution in [0.1, 0.15) is 47.7 Å². The first-order valence-electron chi connectivity index (χ1n) is 9.84. The molecule has 0 spiro atoms. The summed E-state index contributed by atoms with van der Waals surface area (Å²) in [7, 11) is 0. The molecule has 1 atom stereocenters. The van der Waals surface area contributed by atoms with Crippen molar-refractivity contribution in [1.29, 1.82) is 0 Å². The molecule has 0 fully saturated rings. The van der Waals surface area contributed by atoms with Crippen molar-refractivity contribution in [3.63, 3.8) is 0 Å². The van der Waals surface area contributed by atoms with Crippen molar-refractivity contribution in [2.75, 3.05) is 5.32 Å². The molecule has 0 saturated carbocycles. The van der Waals surface area contributed by atoms with E-state index in [0.29, 0.717) is 5.56 Å². The molecule has 1 aliphatic rings. The van der Waals surface area contributed by atoms with Crippen LogP contribution in [-0.4, -0.2) is 28.7 Å². The van der Waals surface area contributed by atoms with Crippen LogP contribution < -0.4 is 5.32 Å². The number of nitro benzene ring substituents is 1. The summed E-state index contributed by atoms with van der Waals surface area (Å²) in [6.07, 6.45) is 1.71. The molecule has 0 heterocycles. The molecule has 0 aromatic heterocycles. The van der Waals surface area contributed by atoms with E-state index >= 15 is 0 Å². The van der Waals surface area contributed by atoms with Crippen LogP contribution in [-0.2, 0) is 27.2 Å². The monoisotopic (exact) mass is 444 g/mol.